The molecular formula is C15H15ClN2O2. The first-order chi connectivity index (χ1) is 9.70. The molecule has 1 amide bonds. The molecule has 0 aliphatic heterocycles. The Balaban J connectivity index is 1.48. The number of amides is 1. The minimum Gasteiger partial charge on any atom is -0.360 e. The summed E-state index contributed by atoms with van der Waals surface area (Å²) in [6.45, 7) is 0. The van der Waals surface area contributed by atoms with Crippen molar-refractivity contribution in [2.45, 2.75) is 31.7 Å². The van der Waals surface area contributed by atoms with E-state index in [1.807, 2.05) is 12.1 Å². The number of aryl methyl sites for hydroxylation is 1. The van der Waals surface area contributed by atoms with Crippen LogP contribution in [0.15, 0.2) is 34.9 Å². The summed E-state index contributed by atoms with van der Waals surface area (Å²) in [7, 11) is 0. The first-order valence-electron chi connectivity index (χ1n) is 6.68. The van der Waals surface area contributed by atoms with Crippen LogP contribution < -0.4 is 5.32 Å². The summed E-state index contributed by atoms with van der Waals surface area (Å²) in [5, 5.41) is 6.98. The first kappa shape index (κ1) is 13.2. The van der Waals surface area contributed by atoms with E-state index < -0.39 is 0 Å². The lowest BCUT2D eigenvalue weighted by Crippen LogP contribution is -2.35. The summed E-state index contributed by atoms with van der Waals surface area (Å²) >= 11 is 5.66. The predicted octanol–water partition coefficient (Wildman–Crippen LogP) is 2.54. The van der Waals surface area contributed by atoms with Gasteiger partial charge in [-0.15, -0.1) is 0 Å². The van der Waals surface area contributed by atoms with E-state index in [0.717, 1.165) is 12.8 Å². The van der Waals surface area contributed by atoms with Gasteiger partial charge in [0.15, 0.2) is 5.15 Å². The normalized spacial score (nSPS) is 14.2. The van der Waals surface area contributed by atoms with Crippen molar-refractivity contribution in [3.63, 3.8) is 0 Å². The number of carbonyl (C=O) groups is 1. The van der Waals surface area contributed by atoms with Crippen LogP contribution >= 0.6 is 11.6 Å². The summed E-state index contributed by atoms with van der Waals surface area (Å²) in [6.07, 6.45) is 2.73. The molecule has 2 aromatic rings. The molecule has 0 bridgehead atoms. The van der Waals surface area contributed by atoms with E-state index in [0.29, 0.717) is 23.8 Å². The molecule has 3 rings (SSSR count). The van der Waals surface area contributed by atoms with Crippen molar-refractivity contribution in [1.82, 2.24) is 10.5 Å². The Morgan fingerprint density at radius 3 is 2.65 bits per heavy atom. The monoisotopic (exact) mass is 290 g/mol. The third-order valence-electron chi connectivity index (χ3n) is 3.54. The zero-order valence-corrected chi connectivity index (χ0v) is 11.7. The maximum absolute atomic E-state index is 11.9. The van der Waals surface area contributed by atoms with Crippen LogP contribution in [0.4, 0.5) is 0 Å². The van der Waals surface area contributed by atoms with Crippen LogP contribution in [0.25, 0.3) is 0 Å². The number of hydrogen-bond acceptors (Lipinski definition) is 3. The molecule has 1 aromatic carbocycles. The van der Waals surface area contributed by atoms with Gasteiger partial charge in [0, 0.05) is 24.9 Å². The molecule has 104 valence electrons. The smallest absolute Gasteiger partial charge is 0.220 e. The second-order valence-electron chi connectivity index (χ2n) is 5.06. The van der Waals surface area contributed by atoms with Crippen LogP contribution in [-0.2, 0) is 24.1 Å². The van der Waals surface area contributed by atoms with Crippen LogP contribution in [0.3, 0.4) is 0 Å². The van der Waals surface area contributed by atoms with Gasteiger partial charge >= 0.3 is 0 Å². The Labute approximate surface area is 122 Å². The zero-order valence-electron chi connectivity index (χ0n) is 10.9. The standard InChI is InChI=1S/C15H15ClN2O2/c16-14-9-13(20-18-14)5-6-15(19)17-12-7-10-3-1-2-4-11(10)8-12/h1-4,9,12H,5-8H2,(H,17,19). The lowest BCUT2D eigenvalue weighted by molar-refractivity contribution is -0.121. The van der Waals surface area contributed by atoms with E-state index in [1.165, 1.54) is 11.1 Å². The summed E-state index contributed by atoms with van der Waals surface area (Å²) < 4.78 is 4.97. The Morgan fingerprint density at radius 1 is 1.35 bits per heavy atom. The van der Waals surface area contributed by atoms with Gasteiger partial charge in [-0.25, -0.2) is 0 Å². The molecular weight excluding hydrogens is 276 g/mol. The molecule has 1 aromatic heterocycles. The molecule has 0 spiro atoms. The molecule has 0 unspecified atom stereocenters. The average molecular weight is 291 g/mol. The molecule has 0 radical (unpaired) electrons. The molecule has 4 nitrogen and oxygen atoms in total. The minimum atomic E-state index is 0.0373. The third kappa shape index (κ3) is 3.02. The van der Waals surface area contributed by atoms with Gasteiger partial charge in [0.2, 0.25) is 5.91 Å². The Bertz CT molecular complexity index is 599. The van der Waals surface area contributed by atoms with Gasteiger partial charge in [0.1, 0.15) is 5.76 Å². The number of halogens is 1. The molecule has 20 heavy (non-hydrogen) atoms. The molecule has 0 atom stereocenters. The fourth-order valence-electron chi connectivity index (χ4n) is 2.60. The van der Waals surface area contributed by atoms with Crippen molar-refractivity contribution < 1.29 is 9.32 Å². The molecule has 0 fully saturated rings. The zero-order chi connectivity index (χ0) is 13.9. The highest BCUT2D eigenvalue weighted by molar-refractivity contribution is 6.29. The number of benzene rings is 1. The number of rotatable bonds is 4. The second kappa shape index (κ2) is 5.67. The SMILES string of the molecule is O=C(CCc1cc(Cl)no1)NC1Cc2ccccc2C1. The summed E-state index contributed by atoms with van der Waals surface area (Å²) in [5.41, 5.74) is 2.67. The molecule has 1 aliphatic carbocycles. The van der Waals surface area contributed by atoms with Gasteiger partial charge in [0.05, 0.1) is 0 Å². The van der Waals surface area contributed by atoms with Crippen molar-refractivity contribution in [3.05, 3.63) is 52.4 Å². The van der Waals surface area contributed by atoms with Crippen LogP contribution in [0.1, 0.15) is 23.3 Å². The lowest BCUT2D eigenvalue weighted by atomic mass is 10.1. The Hall–Kier alpha value is -1.81. The van der Waals surface area contributed by atoms with Crippen LogP contribution in [-0.4, -0.2) is 17.1 Å². The lowest BCUT2D eigenvalue weighted by Gasteiger charge is -2.11. The highest BCUT2D eigenvalue weighted by atomic mass is 35.5. The quantitative estimate of drug-likeness (QED) is 0.941. The average Bonchev–Trinajstić information content (AvgIpc) is 3.01. The molecule has 1 heterocycles. The van der Waals surface area contributed by atoms with Gasteiger partial charge in [-0.1, -0.05) is 41.0 Å². The maximum Gasteiger partial charge on any atom is 0.220 e. The van der Waals surface area contributed by atoms with E-state index in [-0.39, 0.29) is 11.9 Å². The van der Waals surface area contributed by atoms with E-state index >= 15 is 0 Å². The number of aromatic nitrogens is 1. The fraction of sp³-hybridized carbons (Fsp3) is 0.333. The molecule has 5 heteroatoms. The van der Waals surface area contributed by atoms with E-state index in [9.17, 15) is 4.79 Å². The van der Waals surface area contributed by atoms with Gasteiger partial charge in [-0.05, 0) is 24.0 Å². The summed E-state index contributed by atoms with van der Waals surface area (Å²) in [4.78, 5) is 11.9. The number of hydrogen-bond donors (Lipinski definition) is 1. The summed E-state index contributed by atoms with van der Waals surface area (Å²) in [6, 6.07) is 10.2. The van der Waals surface area contributed by atoms with Crippen molar-refractivity contribution in [1.29, 1.82) is 0 Å². The topological polar surface area (TPSA) is 55.1 Å². The van der Waals surface area contributed by atoms with Gasteiger partial charge in [-0.2, -0.15) is 0 Å². The van der Waals surface area contributed by atoms with Crippen molar-refractivity contribution in [2.75, 3.05) is 0 Å². The number of fused-ring (bicyclic) bond motifs is 1. The third-order valence-corrected chi connectivity index (χ3v) is 3.72. The first-order valence-corrected chi connectivity index (χ1v) is 7.06. The highest BCUT2D eigenvalue weighted by Crippen LogP contribution is 2.21. The van der Waals surface area contributed by atoms with Gasteiger partial charge < -0.3 is 9.84 Å². The van der Waals surface area contributed by atoms with Crippen LogP contribution in [0.5, 0.6) is 0 Å². The van der Waals surface area contributed by atoms with E-state index in [1.54, 1.807) is 6.07 Å². The van der Waals surface area contributed by atoms with Gasteiger partial charge in [-0.3, -0.25) is 4.79 Å². The predicted molar refractivity (Wildman–Crippen MR) is 75.6 cm³/mol. The molecule has 1 aliphatic rings. The second-order valence-corrected chi connectivity index (χ2v) is 5.44. The largest absolute Gasteiger partial charge is 0.360 e. The number of carbonyl (C=O) groups excluding carboxylic acids is 1. The molecule has 1 N–H and O–H groups in total. The van der Waals surface area contributed by atoms with E-state index in [4.69, 9.17) is 16.1 Å². The fourth-order valence-corrected chi connectivity index (χ4v) is 2.76. The minimum absolute atomic E-state index is 0.0373. The van der Waals surface area contributed by atoms with Crippen molar-refractivity contribution in [3.8, 4) is 0 Å². The molecule has 0 saturated heterocycles. The van der Waals surface area contributed by atoms with E-state index in [2.05, 4.69) is 22.6 Å². The maximum atomic E-state index is 11.9. The molecule has 0 saturated carbocycles. The summed E-state index contributed by atoms with van der Waals surface area (Å²) in [5.74, 6) is 0.676. The Kier molecular flexibility index (Phi) is 3.74. The Morgan fingerprint density at radius 2 is 2.05 bits per heavy atom. The van der Waals surface area contributed by atoms with Crippen LogP contribution in [0, 0.1) is 0 Å². The highest BCUT2D eigenvalue weighted by Gasteiger charge is 2.22. The van der Waals surface area contributed by atoms with Crippen LogP contribution in [0.2, 0.25) is 5.15 Å². The van der Waals surface area contributed by atoms with Crippen molar-refractivity contribution in [2.24, 2.45) is 0 Å². The van der Waals surface area contributed by atoms with Crippen molar-refractivity contribution >= 4 is 17.5 Å². The number of nitrogens with zero attached hydrogens (tertiary/aromatic N) is 1. The van der Waals surface area contributed by atoms with Gasteiger partial charge in [0.25, 0.3) is 0 Å². The number of nitrogens with one attached hydrogen (secondary N) is 1.